The topological polar surface area (TPSA) is 71.5 Å². The van der Waals surface area contributed by atoms with Crippen molar-refractivity contribution in [2.75, 3.05) is 18.0 Å². The standard InChI is InChI=1S/C20H19N3O3S/c1-2-9-21-19(24)17-11-23(15-5-3-4-6-16(15)26-17)20(25)13-7-8-14-18(10-13)27-12-22-14/h3-8,10,12,17H,2,9,11H2,1H3,(H,21,24)/t17-/m1/s1. The van der Waals surface area contributed by atoms with Crippen LogP contribution in [0.2, 0.25) is 0 Å². The number of hydrogen-bond acceptors (Lipinski definition) is 5. The molecule has 1 aliphatic heterocycles. The summed E-state index contributed by atoms with van der Waals surface area (Å²) in [6.45, 7) is 2.74. The zero-order valence-corrected chi connectivity index (χ0v) is 15.7. The Labute approximate surface area is 160 Å². The molecule has 0 aliphatic carbocycles. The van der Waals surface area contributed by atoms with Crippen molar-refractivity contribution in [1.82, 2.24) is 10.3 Å². The third-order valence-corrected chi connectivity index (χ3v) is 5.23. The molecule has 0 bridgehead atoms. The Morgan fingerprint density at radius 2 is 2.15 bits per heavy atom. The van der Waals surface area contributed by atoms with Crippen LogP contribution in [0, 0.1) is 0 Å². The molecule has 1 atom stereocenters. The first-order chi connectivity index (χ1) is 13.2. The first kappa shape index (κ1) is 17.5. The van der Waals surface area contributed by atoms with Gasteiger partial charge in [0.2, 0.25) is 0 Å². The zero-order valence-electron chi connectivity index (χ0n) is 14.8. The molecule has 2 amide bonds. The van der Waals surface area contributed by atoms with Gasteiger partial charge in [0.15, 0.2) is 6.10 Å². The predicted molar refractivity (Wildman–Crippen MR) is 105 cm³/mol. The number of anilines is 1. The molecule has 0 saturated carbocycles. The number of fused-ring (bicyclic) bond motifs is 2. The van der Waals surface area contributed by atoms with E-state index in [1.807, 2.05) is 37.3 Å². The third-order valence-electron chi connectivity index (χ3n) is 4.44. The molecule has 1 N–H and O–H groups in total. The average Bonchev–Trinajstić information content (AvgIpc) is 3.18. The Kier molecular flexibility index (Phi) is 4.77. The van der Waals surface area contributed by atoms with E-state index < -0.39 is 6.10 Å². The lowest BCUT2D eigenvalue weighted by Crippen LogP contribution is -2.50. The third kappa shape index (κ3) is 3.38. The largest absolute Gasteiger partial charge is 0.477 e. The van der Waals surface area contributed by atoms with Crippen LogP contribution < -0.4 is 15.0 Å². The first-order valence-corrected chi connectivity index (χ1v) is 9.74. The van der Waals surface area contributed by atoms with Crippen LogP contribution >= 0.6 is 11.3 Å². The Balaban J connectivity index is 1.66. The number of nitrogens with zero attached hydrogens (tertiary/aromatic N) is 2. The highest BCUT2D eigenvalue weighted by atomic mass is 32.1. The van der Waals surface area contributed by atoms with Crippen LogP contribution in [0.4, 0.5) is 5.69 Å². The summed E-state index contributed by atoms with van der Waals surface area (Å²) in [5.41, 5.74) is 3.87. The Morgan fingerprint density at radius 3 is 3.00 bits per heavy atom. The minimum absolute atomic E-state index is 0.158. The van der Waals surface area contributed by atoms with Crippen molar-refractivity contribution in [2.24, 2.45) is 0 Å². The van der Waals surface area contributed by atoms with Crippen LogP contribution in [0.15, 0.2) is 48.0 Å². The smallest absolute Gasteiger partial charge is 0.262 e. The summed E-state index contributed by atoms with van der Waals surface area (Å²) in [6, 6.07) is 12.8. The number of hydrogen-bond donors (Lipinski definition) is 1. The molecule has 0 unspecified atom stereocenters. The summed E-state index contributed by atoms with van der Waals surface area (Å²) in [7, 11) is 0. The molecule has 0 fully saturated rings. The molecule has 3 aromatic rings. The van der Waals surface area contributed by atoms with Crippen molar-refractivity contribution < 1.29 is 14.3 Å². The lowest BCUT2D eigenvalue weighted by Gasteiger charge is -2.34. The minimum Gasteiger partial charge on any atom is -0.477 e. The van der Waals surface area contributed by atoms with E-state index in [9.17, 15) is 9.59 Å². The van der Waals surface area contributed by atoms with Crippen molar-refractivity contribution >= 4 is 39.1 Å². The van der Waals surface area contributed by atoms with Crippen LogP contribution in [-0.2, 0) is 4.79 Å². The molecular formula is C20H19N3O3S. The van der Waals surface area contributed by atoms with Gasteiger partial charge in [-0.05, 0) is 36.8 Å². The van der Waals surface area contributed by atoms with E-state index in [-0.39, 0.29) is 18.4 Å². The van der Waals surface area contributed by atoms with Crippen LogP contribution in [-0.4, -0.2) is 36.0 Å². The van der Waals surface area contributed by atoms with Gasteiger partial charge in [0.25, 0.3) is 11.8 Å². The van der Waals surface area contributed by atoms with Gasteiger partial charge < -0.3 is 15.0 Å². The first-order valence-electron chi connectivity index (χ1n) is 8.86. The van der Waals surface area contributed by atoms with Crippen molar-refractivity contribution in [1.29, 1.82) is 0 Å². The van der Waals surface area contributed by atoms with Crippen LogP contribution in [0.25, 0.3) is 10.2 Å². The average molecular weight is 381 g/mol. The highest BCUT2D eigenvalue weighted by Crippen LogP contribution is 2.34. The second-order valence-electron chi connectivity index (χ2n) is 6.32. The number of amides is 2. The summed E-state index contributed by atoms with van der Waals surface area (Å²) in [5.74, 6) is 0.170. The number of rotatable bonds is 4. The Hall–Kier alpha value is -2.93. The van der Waals surface area contributed by atoms with Crippen molar-refractivity contribution in [2.45, 2.75) is 19.4 Å². The minimum atomic E-state index is -0.734. The van der Waals surface area contributed by atoms with Gasteiger partial charge in [-0.3, -0.25) is 9.59 Å². The fourth-order valence-corrected chi connectivity index (χ4v) is 3.79. The molecule has 7 heteroatoms. The number of nitrogens with one attached hydrogen (secondary N) is 1. The highest BCUT2D eigenvalue weighted by molar-refractivity contribution is 7.16. The molecule has 0 saturated heterocycles. The second-order valence-corrected chi connectivity index (χ2v) is 7.20. The van der Waals surface area contributed by atoms with E-state index in [1.165, 1.54) is 11.3 Å². The van der Waals surface area contributed by atoms with Crippen molar-refractivity contribution in [3.8, 4) is 5.75 Å². The number of thiazole rings is 1. The maximum Gasteiger partial charge on any atom is 0.262 e. The van der Waals surface area contributed by atoms with Gasteiger partial charge in [0.05, 0.1) is 28.0 Å². The van der Waals surface area contributed by atoms with Crippen LogP contribution in [0.1, 0.15) is 23.7 Å². The molecule has 0 spiro atoms. The molecule has 4 rings (SSSR count). The normalized spacial score (nSPS) is 15.9. The molecule has 2 aromatic carbocycles. The summed E-state index contributed by atoms with van der Waals surface area (Å²) in [6.07, 6.45) is 0.106. The molecule has 0 radical (unpaired) electrons. The number of benzene rings is 2. The van der Waals surface area contributed by atoms with E-state index in [0.29, 0.717) is 23.5 Å². The predicted octanol–water partition coefficient (Wildman–Crippen LogP) is 3.23. The summed E-state index contributed by atoms with van der Waals surface area (Å²) in [5, 5.41) is 2.84. The second kappa shape index (κ2) is 7.36. The van der Waals surface area contributed by atoms with Gasteiger partial charge in [-0.15, -0.1) is 11.3 Å². The quantitative estimate of drug-likeness (QED) is 0.753. The molecular weight excluding hydrogens is 362 g/mol. The number of carbonyl (C=O) groups is 2. The van der Waals surface area contributed by atoms with Gasteiger partial charge in [0, 0.05) is 12.1 Å². The number of aromatic nitrogens is 1. The molecule has 1 aromatic heterocycles. The SMILES string of the molecule is CCCNC(=O)[C@H]1CN(C(=O)c2ccc3ncsc3c2)c2ccccc2O1. The molecule has 138 valence electrons. The lowest BCUT2D eigenvalue weighted by molar-refractivity contribution is -0.127. The van der Waals surface area contributed by atoms with Crippen LogP contribution in [0.5, 0.6) is 5.75 Å². The molecule has 27 heavy (non-hydrogen) atoms. The molecule has 2 heterocycles. The Bertz CT molecular complexity index is 1000. The van der Waals surface area contributed by atoms with E-state index >= 15 is 0 Å². The zero-order chi connectivity index (χ0) is 18.8. The summed E-state index contributed by atoms with van der Waals surface area (Å²) >= 11 is 1.50. The van der Waals surface area contributed by atoms with Gasteiger partial charge in [-0.1, -0.05) is 19.1 Å². The summed E-state index contributed by atoms with van der Waals surface area (Å²) in [4.78, 5) is 31.5. The fraction of sp³-hybridized carbons (Fsp3) is 0.250. The number of carbonyl (C=O) groups excluding carboxylic acids is 2. The number of para-hydroxylation sites is 2. The maximum atomic E-state index is 13.2. The number of ether oxygens (including phenoxy) is 1. The Morgan fingerprint density at radius 1 is 1.30 bits per heavy atom. The van der Waals surface area contributed by atoms with Crippen molar-refractivity contribution in [3.63, 3.8) is 0 Å². The van der Waals surface area contributed by atoms with E-state index in [0.717, 1.165) is 16.6 Å². The van der Waals surface area contributed by atoms with Gasteiger partial charge in [-0.2, -0.15) is 0 Å². The van der Waals surface area contributed by atoms with E-state index in [2.05, 4.69) is 10.3 Å². The lowest BCUT2D eigenvalue weighted by atomic mass is 10.1. The van der Waals surface area contributed by atoms with Gasteiger partial charge in [-0.25, -0.2) is 4.98 Å². The van der Waals surface area contributed by atoms with E-state index in [1.54, 1.807) is 22.5 Å². The fourth-order valence-electron chi connectivity index (χ4n) is 3.07. The van der Waals surface area contributed by atoms with Crippen LogP contribution in [0.3, 0.4) is 0 Å². The summed E-state index contributed by atoms with van der Waals surface area (Å²) < 4.78 is 6.81. The molecule has 1 aliphatic rings. The monoisotopic (exact) mass is 381 g/mol. The van der Waals surface area contributed by atoms with E-state index in [4.69, 9.17) is 4.74 Å². The maximum absolute atomic E-state index is 13.2. The van der Waals surface area contributed by atoms with Gasteiger partial charge in [0.1, 0.15) is 5.75 Å². The van der Waals surface area contributed by atoms with Crippen molar-refractivity contribution in [3.05, 3.63) is 53.5 Å². The van der Waals surface area contributed by atoms with Gasteiger partial charge >= 0.3 is 0 Å². The highest BCUT2D eigenvalue weighted by Gasteiger charge is 2.34. The molecule has 6 nitrogen and oxygen atoms in total.